The van der Waals surface area contributed by atoms with Crippen molar-refractivity contribution in [2.75, 3.05) is 52.9 Å². The standard InChI is InChI=1S/C64H96O8/c1-5-9-13-17-33-69-61-53-37-49(25-21-29-65)38-54(61)46-56-40-51(27-23-31-67)42-58(63(56)71-35-19-15-11-7-3)48-60-44-52(28-24-32-68)43-59(64(60)72-36-20-16-12-8-4)47-57-41-50(26-22-30-66)39-55(45-53)62(57)70-34-18-14-10-6-2/h37-44,65-68H,5-36,45-48H2,1-4H3. The Morgan fingerprint density at radius 3 is 0.639 bits per heavy atom. The Hall–Kier alpha value is -4.08. The first-order valence-electron chi connectivity index (χ1n) is 28.9. The molecule has 0 amide bonds. The van der Waals surface area contributed by atoms with Gasteiger partial charge in [0.1, 0.15) is 23.0 Å². The van der Waals surface area contributed by atoms with E-state index in [0.29, 0.717) is 77.8 Å². The molecule has 0 radical (unpaired) electrons. The summed E-state index contributed by atoms with van der Waals surface area (Å²) in [5.41, 5.74) is 13.7. The summed E-state index contributed by atoms with van der Waals surface area (Å²) in [5.74, 6) is 3.71. The third-order valence-corrected chi connectivity index (χ3v) is 14.2. The highest BCUT2D eigenvalue weighted by Gasteiger charge is 2.25. The van der Waals surface area contributed by atoms with Crippen LogP contribution in [-0.4, -0.2) is 73.3 Å². The van der Waals surface area contributed by atoms with Gasteiger partial charge in [-0.2, -0.15) is 0 Å². The van der Waals surface area contributed by atoms with Crippen LogP contribution in [0.25, 0.3) is 0 Å². The molecule has 8 heteroatoms. The van der Waals surface area contributed by atoms with E-state index in [9.17, 15) is 20.4 Å². The number of aryl methyl sites for hydroxylation is 4. The lowest BCUT2D eigenvalue weighted by molar-refractivity contribution is 0.288. The van der Waals surface area contributed by atoms with E-state index in [1.165, 1.54) is 47.9 Å². The van der Waals surface area contributed by atoms with Gasteiger partial charge in [0.15, 0.2) is 0 Å². The van der Waals surface area contributed by atoms with E-state index in [4.69, 9.17) is 18.9 Å². The predicted molar refractivity (Wildman–Crippen MR) is 297 cm³/mol. The summed E-state index contributed by atoms with van der Waals surface area (Å²) in [4.78, 5) is 0. The molecule has 0 atom stereocenters. The number of benzene rings is 4. The van der Waals surface area contributed by atoms with Gasteiger partial charge in [0, 0.05) is 52.1 Å². The Morgan fingerprint density at radius 2 is 0.472 bits per heavy atom. The molecule has 0 aromatic heterocycles. The number of hydrogen-bond donors (Lipinski definition) is 4. The van der Waals surface area contributed by atoms with Gasteiger partial charge >= 0.3 is 0 Å². The second-order valence-corrected chi connectivity index (χ2v) is 20.6. The van der Waals surface area contributed by atoms with Crippen LogP contribution in [0.1, 0.15) is 223 Å². The van der Waals surface area contributed by atoms with E-state index in [1.807, 2.05) is 0 Å². The molecule has 4 aromatic carbocycles. The number of unbranched alkanes of at least 4 members (excludes halogenated alkanes) is 12. The summed E-state index contributed by atoms with van der Waals surface area (Å²) in [6.45, 7) is 11.9. The third-order valence-electron chi connectivity index (χ3n) is 14.2. The van der Waals surface area contributed by atoms with Crippen molar-refractivity contribution in [3.05, 3.63) is 115 Å². The summed E-state index contributed by atoms with van der Waals surface area (Å²) in [6.07, 6.45) is 25.7. The summed E-state index contributed by atoms with van der Waals surface area (Å²) in [5, 5.41) is 40.7. The zero-order valence-electron chi connectivity index (χ0n) is 45.5. The highest BCUT2D eigenvalue weighted by Crippen LogP contribution is 2.42. The molecule has 0 fully saturated rings. The topological polar surface area (TPSA) is 118 Å². The van der Waals surface area contributed by atoms with Gasteiger partial charge in [0.2, 0.25) is 0 Å². The molecule has 0 aliphatic heterocycles. The van der Waals surface area contributed by atoms with Crippen LogP contribution in [0.5, 0.6) is 23.0 Å². The Bertz CT molecular complexity index is 1750. The number of fused-ring (bicyclic) bond motifs is 8. The minimum absolute atomic E-state index is 0.116. The fourth-order valence-corrected chi connectivity index (χ4v) is 10.4. The van der Waals surface area contributed by atoms with Crippen molar-refractivity contribution >= 4 is 0 Å². The molecule has 5 rings (SSSR count). The van der Waals surface area contributed by atoms with Gasteiger partial charge in [0.05, 0.1) is 26.4 Å². The van der Waals surface area contributed by atoms with Crippen molar-refractivity contribution in [2.24, 2.45) is 0 Å². The maximum atomic E-state index is 10.2. The van der Waals surface area contributed by atoms with Gasteiger partial charge in [-0.15, -0.1) is 0 Å². The van der Waals surface area contributed by atoms with E-state index >= 15 is 0 Å². The van der Waals surface area contributed by atoms with Crippen LogP contribution in [0.2, 0.25) is 0 Å². The first-order valence-corrected chi connectivity index (χ1v) is 28.9. The van der Waals surface area contributed by atoms with Crippen LogP contribution in [0.15, 0.2) is 48.5 Å². The summed E-state index contributed by atoms with van der Waals surface area (Å²) >= 11 is 0. The molecule has 0 saturated carbocycles. The molecular formula is C64H96O8. The second-order valence-electron chi connectivity index (χ2n) is 20.6. The molecule has 400 valence electrons. The summed E-state index contributed by atoms with van der Waals surface area (Å²) in [6, 6.07) is 18.6. The third kappa shape index (κ3) is 19.3. The fourth-order valence-electron chi connectivity index (χ4n) is 10.4. The number of hydrogen-bond acceptors (Lipinski definition) is 8. The molecule has 1 aliphatic carbocycles. The molecule has 72 heavy (non-hydrogen) atoms. The smallest absolute Gasteiger partial charge is 0.126 e. The Balaban J connectivity index is 1.88. The fraction of sp³-hybridized carbons (Fsp3) is 0.625. The highest BCUT2D eigenvalue weighted by atomic mass is 16.5. The molecule has 0 unspecified atom stereocenters. The quantitative estimate of drug-likeness (QED) is 0.0293. The average Bonchev–Trinajstić information content (AvgIpc) is 3.38. The van der Waals surface area contributed by atoms with Crippen molar-refractivity contribution in [1.29, 1.82) is 0 Å². The molecule has 0 saturated heterocycles. The second kappa shape index (κ2) is 34.4. The van der Waals surface area contributed by atoms with Crippen LogP contribution in [0.3, 0.4) is 0 Å². The lowest BCUT2D eigenvalue weighted by atomic mass is 9.87. The lowest BCUT2D eigenvalue weighted by Crippen LogP contribution is -2.12. The number of ether oxygens (including phenoxy) is 4. The molecule has 8 nitrogen and oxygen atoms in total. The van der Waals surface area contributed by atoms with Gasteiger partial charge in [-0.05, 0) is 144 Å². The van der Waals surface area contributed by atoms with Crippen LogP contribution in [0.4, 0.5) is 0 Å². The van der Waals surface area contributed by atoms with E-state index in [1.54, 1.807) is 0 Å². The van der Waals surface area contributed by atoms with Crippen LogP contribution < -0.4 is 18.9 Å². The lowest BCUT2D eigenvalue weighted by Gasteiger charge is -2.25. The van der Waals surface area contributed by atoms with Gasteiger partial charge in [0.25, 0.3) is 0 Å². The minimum Gasteiger partial charge on any atom is -0.493 e. The number of aliphatic hydroxyl groups excluding tert-OH is 4. The number of rotatable bonds is 36. The Labute approximate surface area is 436 Å². The maximum absolute atomic E-state index is 10.2. The Morgan fingerprint density at radius 1 is 0.278 bits per heavy atom. The van der Waals surface area contributed by atoms with Crippen LogP contribution >= 0.6 is 0 Å². The van der Waals surface area contributed by atoms with Gasteiger partial charge in [-0.3, -0.25) is 0 Å². The highest BCUT2D eigenvalue weighted by molar-refractivity contribution is 5.59. The van der Waals surface area contributed by atoms with Crippen molar-refractivity contribution in [3.8, 4) is 23.0 Å². The SMILES string of the molecule is CCCCCCOc1c2cc(CCCO)cc1Cc1cc(CCCO)cc(c1OCCCCCC)Cc1cc(CCCO)cc(c1OCCCCCC)Cc1cc(CCCO)cc(c1OCCCCCC)C2. The van der Waals surface area contributed by atoms with Crippen molar-refractivity contribution in [3.63, 3.8) is 0 Å². The zero-order chi connectivity index (χ0) is 51.2. The summed E-state index contributed by atoms with van der Waals surface area (Å²) < 4.78 is 28.4. The largest absolute Gasteiger partial charge is 0.493 e. The molecule has 4 N–H and O–H groups in total. The summed E-state index contributed by atoms with van der Waals surface area (Å²) in [7, 11) is 0. The molecular weight excluding hydrogens is 897 g/mol. The Kier molecular flexibility index (Phi) is 28.1. The van der Waals surface area contributed by atoms with E-state index < -0.39 is 0 Å². The molecule has 0 heterocycles. The van der Waals surface area contributed by atoms with Gasteiger partial charge in [-0.25, -0.2) is 0 Å². The molecule has 4 aromatic rings. The minimum atomic E-state index is 0.116. The monoisotopic (exact) mass is 993 g/mol. The van der Waals surface area contributed by atoms with E-state index in [0.717, 1.165) is 170 Å². The van der Waals surface area contributed by atoms with Gasteiger partial charge < -0.3 is 39.4 Å². The van der Waals surface area contributed by atoms with Crippen molar-refractivity contribution in [1.82, 2.24) is 0 Å². The van der Waals surface area contributed by atoms with E-state index in [2.05, 4.69) is 76.2 Å². The number of aliphatic hydroxyl groups is 4. The van der Waals surface area contributed by atoms with Crippen LogP contribution in [-0.2, 0) is 51.4 Å². The van der Waals surface area contributed by atoms with Crippen molar-refractivity contribution in [2.45, 2.75) is 207 Å². The predicted octanol–water partition coefficient (Wildman–Crippen LogP) is 13.9. The zero-order valence-corrected chi connectivity index (χ0v) is 45.5. The average molecular weight is 993 g/mol. The normalized spacial score (nSPS) is 12.3. The molecule has 1 aliphatic rings. The molecule has 8 bridgehead atoms. The van der Waals surface area contributed by atoms with Crippen molar-refractivity contribution < 1.29 is 39.4 Å². The molecule has 0 spiro atoms. The maximum Gasteiger partial charge on any atom is 0.126 e. The van der Waals surface area contributed by atoms with Crippen LogP contribution in [0, 0.1) is 0 Å². The van der Waals surface area contributed by atoms with Gasteiger partial charge in [-0.1, -0.05) is 153 Å². The first kappa shape index (κ1) is 58.8. The van der Waals surface area contributed by atoms with E-state index in [-0.39, 0.29) is 26.4 Å². The first-order chi connectivity index (χ1) is 35.4.